The molecule has 1 rings (SSSR count). The van der Waals surface area contributed by atoms with Crippen LogP contribution in [0.25, 0.3) is 0 Å². The number of benzene rings is 1. The Bertz CT molecular complexity index is 569. The molecule has 0 aliphatic heterocycles. The van der Waals surface area contributed by atoms with Gasteiger partial charge in [-0.2, -0.15) is 0 Å². The molecule has 1 aromatic rings. The van der Waals surface area contributed by atoms with E-state index in [1.807, 2.05) is 0 Å². The molecular weight excluding hydrogens is 296 g/mol. The molecule has 0 heterocycles. The Morgan fingerprint density at radius 2 is 1.86 bits per heavy atom. The van der Waals surface area contributed by atoms with E-state index < -0.39 is 41.1 Å². The number of carbonyl (C=O) groups excluding carboxylic acids is 1. The van der Waals surface area contributed by atoms with Crippen LogP contribution in [0, 0.1) is 17.6 Å². The molecule has 0 aromatic heterocycles. The van der Waals surface area contributed by atoms with Crippen molar-refractivity contribution in [3.8, 4) is 0 Å². The first-order valence-corrected chi connectivity index (χ1v) is 6.66. The van der Waals surface area contributed by atoms with Crippen molar-refractivity contribution < 1.29 is 28.2 Å². The van der Waals surface area contributed by atoms with Gasteiger partial charge in [0.1, 0.15) is 5.60 Å². The standard InChI is InChI=1S/C15H19F2NO4/c1-15(2,3)22-14(21)12(13(19)20)11(18)7-8-4-5-9(16)10(17)6-8/h4-6,11-12H,7,18H2,1-3H3,(H,19,20)/t11-,12-/m1/s1. The number of ether oxygens (including phenoxy) is 1. The lowest BCUT2D eigenvalue weighted by Gasteiger charge is -2.25. The molecule has 0 radical (unpaired) electrons. The SMILES string of the molecule is CC(C)(C)OC(=O)[C@@H](C(=O)O)[C@H](N)Cc1ccc(F)c(F)c1. The zero-order valence-electron chi connectivity index (χ0n) is 12.6. The summed E-state index contributed by atoms with van der Waals surface area (Å²) in [5, 5.41) is 9.17. The Balaban J connectivity index is 2.89. The molecule has 0 spiro atoms. The highest BCUT2D eigenvalue weighted by atomic mass is 19.2. The fraction of sp³-hybridized carbons (Fsp3) is 0.467. The molecule has 122 valence electrons. The van der Waals surface area contributed by atoms with E-state index in [1.54, 1.807) is 20.8 Å². The Labute approximate surface area is 127 Å². The normalized spacial score (nSPS) is 14.3. The number of hydrogen-bond donors (Lipinski definition) is 2. The highest BCUT2D eigenvalue weighted by Crippen LogP contribution is 2.17. The maximum Gasteiger partial charge on any atom is 0.322 e. The lowest BCUT2D eigenvalue weighted by atomic mass is 9.94. The quantitative estimate of drug-likeness (QED) is 0.639. The minimum Gasteiger partial charge on any atom is -0.481 e. The third kappa shape index (κ3) is 5.07. The van der Waals surface area contributed by atoms with Crippen LogP contribution in [0.1, 0.15) is 26.3 Å². The van der Waals surface area contributed by atoms with Crippen LogP contribution in [0.5, 0.6) is 0 Å². The third-order valence-corrected chi connectivity index (χ3v) is 2.81. The van der Waals surface area contributed by atoms with E-state index in [4.69, 9.17) is 10.5 Å². The van der Waals surface area contributed by atoms with Crippen LogP contribution < -0.4 is 5.73 Å². The van der Waals surface area contributed by atoms with Crippen LogP contribution >= 0.6 is 0 Å². The fourth-order valence-corrected chi connectivity index (χ4v) is 1.88. The van der Waals surface area contributed by atoms with E-state index in [0.29, 0.717) is 5.56 Å². The van der Waals surface area contributed by atoms with E-state index in [-0.39, 0.29) is 6.42 Å². The van der Waals surface area contributed by atoms with Crippen molar-refractivity contribution in [3.05, 3.63) is 35.4 Å². The number of carboxylic acids is 1. The lowest BCUT2D eigenvalue weighted by molar-refractivity contribution is -0.167. The van der Waals surface area contributed by atoms with Gasteiger partial charge in [0.2, 0.25) is 0 Å². The van der Waals surface area contributed by atoms with E-state index in [1.165, 1.54) is 6.07 Å². The minimum atomic E-state index is -1.59. The monoisotopic (exact) mass is 315 g/mol. The van der Waals surface area contributed by atoms with Crippen LogP contribution in [0.15, 0.2) is 18.2 Å². The average molecular weight is 315 g/mol. The Morgan fingerprint density at radius 3 is 2.32 bits per heavy atom. The summed E-state index contributed by atoms with van der Waals surface area (Å²) in [5.41, 5.74) is 5.20. The number of carbonyl (C=O) groups is 2. The molecule has 0 saturated heterocycles. The third-order valence-electron chi connectivity index (χ3n) is 2.81. The predicted octanol–water partition coefficient (Wildman–Crippen LogP) is 1.88. The molecule has 2 atom stereocenters. The topological polar surface area (TPSA) is 89.6 Å². The summed E-state index contributed by atoms with van der Waals surface area (Å²) in [5.74, 6) is -6.06. The first-order valence-electron chi connectivity index (χ1n) is 6.66. The largest absolute Gasteiger partial charge is 0.481 e. The van der Waals surface area contributed by atoms with Gasteiger partial charge in [0.25, 0.3) is 0 Å². The average Bonchev–Trinajstić information content (AvgIpc) is 2.31. The molecule has 22 heavy (non-hydrogen) atoms. The summed E-state index contributed by atoms with van der Waals surface area (Å²) in [6.07, 6.45) is -0.104. The number of rotatable bonds is 5. The van der Waals surface area contributed by atoms with Gasteiger partial charge >= 0.3 is 11.9 Å². The van der Waals surface area contributed by atoms with Crippen molar-refractivity contribution in [2.75, 3.05) is 0 Å². The maximum absolute atomic E-state index is 13.1. The second-order valence-electron chi connectivity index (χ2n) is 5.97. The fourth-order valence-electron chi connectivity index (χ4n) is 1.88. The summed E-state index contributed by atoms with van der Waals surface area (Å²) in [4.78, 5) is 23.2. The number of hydrogen-bond acceptors (Lipinski definition) is 4. The molecule has 7 heteroatoms. The Kier molecular flexibility index (Phi) is 5.59. The zero-order valence-corrected chi connectivity index (χ0v) is 12.6. The molecule has 5 nitrogen and oxygen atoms in total. The molecule has 0 bridgehead atoms. The summed E-state index contributed by atoms with van der Waals surface area (Å²) in [7, 11) is 0. The minimum absolute atomic E-state index is 0.104. The van der Waals surface area contributed by atoms with Crippen molar-refractivity contribution in [1.82, 2.24) is 0 Å². The van der Waals surface area contributed by atoms with E-state index in [9.17, 15) is 23.5 Å². The summed E-state index contributed by atoms with van der Waals surface area (Å²) >= 11 is 0. The molecule has 0 amide bonds. The van der Waals surface area contributed by atoms with Crippen molar-refractivity contribution >= 4 is 11.9 Å². The van der Waals surface area contributed by atoms with Crippen molar-refractivity contribution in [2.24, 2.45) is 11.7 Å². The molecular formula is C15H19F2NO4. The summed E-state index contributed by atoms with van der Waals surface area (Å²) < 4.78 is 31.0. The second-order valence-corrected chi connectivity index (χ2v) is 5.97. The van der Waals surface area contributed by atoms with Crippen molar-refractivity contribution in [2.45, 2.75) is 38.8 Å². The molecule has 0 unspecified atom stereocenters. The van der Waals surface area contributed by atoms with Crippen LogP contribution in [0.2, 0.25) is 0 Å². The highest BCUT2D eigenvalue weighted by molar-refractivity contribution is 5.95. The van der Waals surface area contributed by atoms with Crippen LogP contribution in [-0.4, -0.2) is 28.7 Å². The van der Waals surface area contributed by atoms with Gasteiger partial charge in [0.05, 0.1) is 0 Å². The summed E-state index contributed by atoms with van der Waals surface area (Å²) in [6.45, 7) is 4.81. The predicted molar refractivity (Wildman–Crippen MR) is 75.0 cm³/mol. The number of aliphatic carboxylic acids is 1. The van der Waals surface area contributed by atoms with E-state index in [2.05, 4.69) is 0 Å². The molecule has 3 N–H and O–H groups in total. The van der Waals surface area contributed by atoms with Gasteiger partial charge < -0.3 is 15.6 Å². The van der Waals surface area contributed by atoms with Gasteiger partial charge in [-0.15, -0.1) is 0 Å². The first-order chi connectivity index (χ1) is 10.0. The summed E-state index contributed by atoms with van der Waals surface area (Å²) in [6, 6.07) is 1.99. The van der Waals surface area contributed by atoms with Gasteiger partial charge in [-0.05, 0) is 44.9 Å². The Morgan fingerprint density at radius 1 is 1.27 bits per heavy atom. The number of esters is 1. The van der Waals surface area contributed by atoms with Gasteiger partial charge in [-0.1, -0.05) is 6.07 Å². The first kappa shape index (κ1) is 18.0. The molecule has 0 saturated carbocycles. The van der Waals surface area contributed by atoms with Crippen molar-refractivity contribution in [3.63, 3.8) is 0 Å². The van der Waals surface area contributed by atoms with E-state index >= 15 is 0 Å². The zero-order chi connectivity index (χ0) is 17.1. The van der Waals surface area contributed by atoms with Gasteiger partial charge in [-0.3, -0.25) is 9.59 Å². The van der Waals surface area contributed by atoms with Crippen LogP contribution in [0.3, 0.4) is 0 Å². The second kappa shape index (κ2) is 6.83. The smallest absolute Gasteiger partial charge is 0.322 e. The molecule has 1 aromatic carbocycles. The number of carboxylic acid groups (broad SMARTS) is 1. The highest BCUT2D eigenvalue weighted by Gasteiger charge is 2.36. The van der Waals surface area contributed by atoms with Crippen molar-refractivity contribution in [1.29, 1.82) is 0 Å². The number of nitrogens with two attached hydrogens (primary N) is 1. The molecule has 0 fully saturated rings. The maximum atomic E-state index is 13.1. The Hall–Kier alpha value is -2.02. The van der Waals surface area contributed by atoms with Gasteiger partial charge in [-0.25, -0.2) is 8.78 Å². The molecule has 0 aliphatic rings. The van der Waals surface area contributed by atoms with Crippen LogP contribution in [0.4, 0.5) is 8.78 Å². The van der Waals surface area contributed by atoms with E-state index in [0.717, 1.165) is 12.1 Å². The number of halogens is 2. The molecule has 0 aliphatic carbocycles. The van der Waals surface area contributed by atoms with Crippen LogP contribution in [-0.2, 0) is 20.7 Å². The van der Waals surface area contributed by atoms with Gasteiger partial charge in [0.15, 0.2) is 17.6 Å². The van der Waals surface area contributed by atoms with Gasteiger partial charge in [0, 0.05) is 6.04 Å². The lowest BCUT2D eigenvalue weighted by Crippen LogP contribution is -2.45.